The van der Waals surface area contributed by atoms with Gasteiger partial charge >= 0.3 is 8.25 Å². The molecule has 7 rings (SSSR count). The summed E-state index contributed by atoms with van der Waals surface area (Å²) in [5, 5.41) is 3.23. The van der Waals surface area contributed by atoms with Crippen molar-refractivity contribution in [3.8, 4) is 11.5 Å². The summed E-state index contributed by atoms with van der Waals surface area (Å²) in [6.07, 6.45) is -0.620. The summed E-state index contributed by atoms with van der Waals surface area (Å²) in [6.45, 7) is 10.5. The van der Waals surface area contributed by atoms with E-state index in [1.165, 1.54) is 6.33 Å². The minimum absolute atomic E-state index is 0. The van der Waals surface area contributed by atoms with Crippen LogP contribution in [0.1, 0.15) is 54.0 Å². The van der Waals surface area contributed by atoms with Crippen molar-refractivity contribution in [2.24, 2.45) is 0 Å². The van der Waals surface area contributed by atoms with E-state index in [4.69, 9.17) is 27.9 Å². The first kappa shape index (κ1) is 45.8. The summed E-state index contributed by atoms with van der Waals surface area (Å²) in [4.78, 5) is 32.7. The van der Waals surface area contributed by atoms with Crippen LogP contribution in [0.15, 0.2) is 128 Å². The highest BCUT2D eigenvalue weighted by Crippen LogP contribution is 2.47. The number of nitrogens with one attached hydrogen (secondary N) is 1. The molecule has 13 nitrogen and oxygen atoms in total. The highest BCUT2D eigenvalue weighted by atomic mass is 31.1. The van der Waals surface area contributed by atoms with E-state index in [1.807, 2.05) is 84.9 Å². The molecule has 319 valence electrons. The Labute approximate surface area is 361 Å². The maximum Gasteiger partial charge on any atom is 0.317 e. The summed E-state index contributed by atoms with van der Waals surface area (Å²) in [6, 6.07) is 35.8. The van der Waals surface area contributed by atoms with Gasteiger partial charge in [-0.15, -0.1) is 0 Å². The van der Waals surface area contributed by atoms with Crippen LogP contribution < -0.4 is 14.8 Å². The number of benzene rings is 4. The molecule has 1 saturated heterocycles. The third-order valence-corrected chi connectivity index (χ3v) is 16.4. The van der Waals surface area contributed by atoms with Crippen LogP contribution in [0, 0.1) is 0 Å². The number of hydrogen-bond acceptors (Lipinski definition) is 10. The maximum atomic E-state index is 13.2. The van der Waals surface area contributed by atoms with Crippen molar-refractivity contribution in [1.82, 2.24) is 14.5 Å². The fraction of sp³-hybridized carbons (Fsp3) is 0.311. The molecule has 3 heterocycles. The Kier molecular flexibility index (Phi) is 14.3. The van der Waals surface area contributed by atoms with Crippen molar-refractivity contribution in [3.63, 3.8) is 0 Å². The van der Waals surface area contributed by atoms with Gasteiger partial charge < -0.3 is 42.7 Å². The van der Waals surface area contributed by atoms with Gasteiger partial charge in [0.15, 0.2) is 14.5 Å². The lowest BCUT2D eigenvalue weighted by molar-refractivity contribution is -0.0919. The van der Waals surface area contributed by atoms with Gasteiger partial charge in [-0.05, 0) is 77.3 Å². The minimum Gasteiger partial charge on any atom is -0.497 e. The van der Waals surface area contributed by atoms with Gasteiger partial charge in [-0.25, -0.2) is 9.97 Å². The molecule has 0 spiro atoms. The quantitative estimate of drug-likeness (QED) is 0.0576. The van der Waals surface area contributed by atoms with Crippen LogP contribution in [0.5, 0.6) is 11.5 Å². The van der Waals surface area contributed by atoms with E-state index in [2.05, 4.69) is 49.1 Å². The number of rotatable bonds is 15. The van der Waals surface area contributed by atoms with Crippen LogP contribution in [-0.2, 0) is 28.6 Å². The molecule has 16 heteroatoms. The SMILES string of the molecule is COc1ccc(C(OC[C@H]2O[C@@H](n3ccc4c(NC(=O)c5ccccc5)ncnc43)[C@H](O[Si](C)(C)C(C)(C)C)[C@@H]2O[PH](=O)O)(c2ccccc2)c2ccc(OC)cc2)cc1.[P]. The van der Waals surface area contributed by atoms with Gasteiger partial charge in [0, 0.05) is 21.7 Å². The van der Waals surface area contributed by atoms with Crippen LogP contribution in [0.25, 0.3) is 11.0 Å². The van der Waals surface area contributed by atoms with E-state index in [-0.39, 0.29) is 27.5 Å². The van der Waals surface area contributed by atoms with Crippen molar-refractivity contribution in [2.45, 2.75) is 69.0 Å². The third kappa shape index (κ3) is 9.52. The monoisotopic (exact) mass is 881 g/mol. The third-order valence-electron chi connectivity index (χ3n) is 11.4. The molecule has 6 aromatic rings. The lowest BCUT2D eigenvalue weighted by Crippen LogP contribution is -2.49. The molecule has 1 fully saturated rings. The molecule has 5 atom stereocenters. The Bertz CT molecular complexity index is 2370. The highest BCUT2D eigenvalue weighted by molar-refractivity contribution is 7.32. The molecule has 1 amide bonds. The second kappa shape index (κ2) is 19.1. The molecule has 0 saturated carbocycles. The van der Waals surface area contributed by atoms with Crippen molar-refractivity contribution >= 4 is 49.2 Å². The Morgan fingerprint density at radius 1 is 0.820 bits per heavy atom. The van der Waals surface area contributed by atoms with E-state index in [9.17, 15) is 14.3 Å². The van der Waals surface area contributed by atoms with Gasteiger partial charge in [0.25, 0.3) is 5.91 Å². The average molecular weight is 882 g/mol. The number of anilines is 1. The van der Waals surface area contributed by atoms with Crippen LogP contribution in [0.2, 0.25) is 18.1 Å². The predicted octanol–water partition coefficient (Wildman–Crippen LogP) is 9.63. The zero-order valence-electron chi connectivity index (χ0n) is 35.1. The van der Waals surface area contributed by atoms with Crippen molar-refractivity contribution in [2.75, 3.05) is 26.1 Å². The Balaban J connectivity index is 0.00000622. The number of fused-ring (bicyclic) bond motifs is 1. The first-order chi connectivity index (χ1) is 28.8. The molecule has 61 heavy (non-hydrogen) atoms. The summed E-state index contributed by atoms with van der Waals surface area (Å²) in [5.74, 6) is 1.34. The highest BCUT2D eigenvalue weighted by Gasteiger charge is 2.53. The number of ether oxygens (including phenoxy) is 4. The maximum absolute atomic E-state index is 13.2. The average Bonchev–Trinajstić information content (AvgIpc) is 3.82. The fourth-order valence-electron chi connectivity index (χ4n) is 7.29. The Morgan fingerprint density at radius 2 is 1.38 bits per heavy atom. The smallest absolute Gasteiger partial charge is 0.317 e. The zero-order valence-corrected chi connectivity index (χ0v) is 38.0. The van der Waals surface area contributed by atoms with Gasteiger partial charge in [-0.1, -0.05) is 93.6 Å². The van der Waals surface area contributed by atoms with Crippen molar-refractivity contribution in [3.05, 3.63) is 150 Å². The number of methoxy groups -OCH3 is 2. The number of aromatic nitrogens is 3. The van der Waals surface area contributed by atoms with Crippen molar-refractivity contribution < 1.29 is 42.2 Å². The van der Waals surface area contributed by atoms with Gasteiger partial charge in [0.05, 0.1) is 26.2 Å². The Morgan fingerprint density at radius 3 is 1.92 bits per heavy atom. The Hall–Kier alpha value is -4.75. The first-order valence-corrected chi connectivity index (χ1v) is 23.8. The number of hydrogen-bond donors (Lipinski definition) is 2. The number of carbonyl (C=O) groups excluding carboxylic acids is 1. The molecule has 2 aromatic heterocycles. The summed E-state index contributed by atoms with van der Waals surface area (Å²) >= 11 is 0. The van der Waals surface area contributed by atoms with E-state index in [0.717, 1.165) is 16.7 Å². The topological polar surface area (TPSA) is 152 Å². The van der Waals surface area contributed by atoms with Gasteiger partial charge in [0.1, 0.15) is 53.2 Å². The number of nitrogens with zero attached hydrogens (tertiary/aromatic N) is 3. The summed E-state index contributed by atoms with van der Waals surface area (Å²) in [5.41, 5.74) is 2.14. The minimum atomic E-state index is -3.54. The van der Waals surface area contributed by atoms with E-state index in [1.54, 1.807) is 55.3 Å². The fourth-order valence-corrected chi connectivity index (χ4v) is 9.10. The van der Waals surface area contributed by atoms with Gasteiger partial charge in [-0.2, -0.15) is 0 Å². The lowest BCUT2D eigenvalue weighted by atomic mass is 9.80. The zero-order chi connectivity index (χ0) is 42.7. The standard InChI is InChI=1S/C45H51N4O9PSi.P/c1-44(2,3)60(6,7)58-39-38(57-59(51)52)37(56-43(39)49-27-26-36-40(46-29-47-41(36)49)48-42(50)30-14-10-8-11-15-30)28-55-45(31-16-12-9-13-17-31,32-18-22-34(53-4)23-19-32)33-20-24-35(54-5)25-21-33;/h8-27,29,37-39,43,59H,28H2,1-7H3,(H,51,52)(H,46,47,48,50);/t37-,38-,39-,43-;/m1./s1. The van der Waals surface area contributed by atoms with Gasteiger partial charge in [-0.3, -0.25) is 9.36 Å². The predicted molar refractivity (Wildman–Crippen MR) is 239 cm³/mol. The normalized spacial score (nSPS) is 18.6. The van der Waals surface area contributed by atoms with Crippen molar-refractivity contribution in [1.29, 1.82) is 0 Å². The van der Waals surface area contributed by atoms with Crippen LogP contribution in [0.4, 0.5) is 5.82 Å². The first-order valence-electron chi connectivity index (χ1n) is 19.6. The molecule has 1 unspecified atom stereocenters. The van der Waals surface area contributed by atoms with E-state index in [0.29, 0.717) is 33.9 Å². The van der Waals surface area contributed by atoms with Gasteiger partial charge in [0.2, 0.25) is 0 Å². The summed E-state index contributed by atoms with van der Waals surface area (Å²) < 4.78 is 52.9. The number of carbonyl (C=O) groups is 1. The second-order valence-electron chi connectivity index (χ2n) is 16.1. The van der Waals surface area contributed by atoms with E-state index >= 15 is 0 Å². The molecular weight excluding hydrogens is 831 g/mol. The molecule has 1 aliphatic rings. The second-order valence-corrected chi connectivity index (χ2v) is 21.6. The molecule has 2 N–H and O–H groups in total. The van der Waals surface area contributed by atoms with Crippen LogP contribution in [-0.4, -0.2) is 72.8 Å². The molecule has 0 aliphatic carbocycles. The van der Waals surface area contributed by atoms with Crippen LogP contribution in [0.3, 0.4) is 0 Å². The summed E-state index contributed by atoms with van der Waals surface area (Å²) in [7, 11) is -2.92. The molecule has 0 bridgehead atoms. The van der Waals surface area contributed by atoms with E-state index < -0.39 is 46.7 Å². The number of amides is 1. The largest absolute Gasteiger partial charge is 0.497 e. The molecular formula is C45H51N4O9P2Si. The molecule has 3 radical (unpaired) electrons. The van der Waals surface area contributed by atoms with Crippen LogP contribution >= 0.6 is 18.2 Å². The molecule has 1 aliphatic heterocycles. The molecule has 4 aromatic carbocycles. The lowest BCUT2D eigenvalue weighted by Gasteiger charge is -2.40.